The van der Waals surface area contributed by atoms with E-state index >= 15 is 0 Å². The highest BCUT2D eigenvalue weighted by atomic mass is 16.5. The van der Waals surface area contributed by atoms with Gasteiger partial charge in [0.1, 0.15) is 17.2 Å². The Labute approximate surface area is 302 Å². The molecule has 9 aromatic rings. The number of hydrogen-bond donors (Lipinski definition) is 0. The van der Waals surface area contributed by atoms with E-state index in [0.717, 1.165) is 67.2 Å². The monoisotopic (exact) mass is 663 g/mol. The standard InChI is InChI=1S/C48H30BNO2/c1-2-11-31(12-3-1)32-13-8-14-33(27-32)36-24-26-42-47(30-36)51-45-22-10-19-41-40-25-23-35(29-46(40)52-49(42)48(41)45)34-15-9-16-37(28-34)50-43-20-6-4-17-38(43)39-18-5-7-21-44(39)50/h1-30H. The summed E-state index contributed by atoms with van der Waals surface area (Å²) in [5.74, 6) is 2.55. The highest BCUT2D eigenvalue weighted by molar-refractivity contribution is 6.84. The molecule has 8 aromatic carbocycles. The molecule has 0 bridgehead atoms. The quantitative estimate of drug-likeness (QED) is 0.175. The lowest BCUT2D eigenvalue weighted by atomic mass is 9.51. The fourth-order valence-corrected chi connectivity index (χ4v) is 8.24. The molecule has 0 N–H and O–H groups in total. The van der Waals surface area contributed by atoms with Gasteiger partial charge in [0.2, 0.25) is 0 Å². The lowest BCUT2D eigenvalue weighted by Gasteiger charge is -2.33. The first-order chi connectivity index (χ1) is 25.8. The lowest BCUT2D eigenvalue weighted by Crippen LogP contribution is -2.53. The number of fused-ring (bicyclic) bond motifs is 7. The minimum Gasteiger partial charge on any atom is -0.551 e. The van der Waals surface area contributed by atoms with Crippen LogP contribution < -0.4 is 20.3 Å². The predicted molar refractivity (Wildman–Crippen MR) is 215 cm³/mol. The Morgan fingerprint density at radius 1 is 0.385 bits per heavy atom. The number of aromatic nitrogens is 1. The fourth-order valence-electron chi connectivity index (χ4n) is 8.24. The van der Waals surface area contributed by atoms with E-state index in [1.807, 2.05) is 0 Å². The number of nitrogens with zero attached hydrogens (tertiary/aromatic N) is 1. The first-order valence-corrected chi connectivity index (χ1v) is 17.8. The van der Waals surface area contributed by atoms with Crippen molar-refractivity contribution in [2.45, 2.75) is 0 Å². The maximum Gasteiger partial charge on any atom is 0.434 e. The van der Waals surface area contributed by atoms with Gasteiger partial charge in [-0.25, -0.2) is 0 Å². The van der Waals surface area contributed by atoms with Gasteiger partial charge in [-0.15, -0.1) is 0 Å². The van der Waals surface area contributed by atoms with Crippen molar-refractivity contribution in [3.8, 4) is 67.4 Å². The van der Waals surface area contributed by atoms with Crippen LogP contribution in [0.25, 0.3) is 72.0 Å². The van der Waals surface area contributed by atoms with Gasteiger partial charge in [-0.2, -0.15) is 0 Å². The Morgan fingerprint density at radius 2 is 0.981 bits per heavy atom. The molecule has 52 heavy (non-hydrogen) atoms. The average molecular weight is 664 g/mol. The summed E-state index contributed by atoms with van der Waals surface area (Å²) in [7, 11) is 0. The zero-order chi connectivity index (χ0) is 34.2. The zero-order valence-corrected chi connectivity index (χ0v) is 28.2. The molecular formula is C48H30BNO2. The molecule has 4 heteroatoms. The second-order valence-corrected chi connectivity index (χ2v) is 13.6. The SMILES string of the molecule is c1ccc(-c2cccc(-c3ccc4c(c3)Oc3cccc5c3B4Oc3cc(-c4cccc(-n6c7ccccc7c7ccccc76)c4)ccc3-5)c2)cc1. The third-order valence-electron chi connectivity index (χ3n) is 10.7. The minimum absolute atomic E-state index is 0.272. The van der Waals surface area contributed by atoms with Crippen LogP contribution in [-0.4, -0.2) is 11.5 Å². The molecule has 3 heterocycles. The Bertz CT molecular complexity index is 2820. The van der Waals surface area contributed by atoms with Crippen molar-refractivity contribution in [1.29, 1.82) is 0 Å². The smallest absolute Gasteiger partial charge is 0.434 e. The number of benzene rings is 8. The van der Waals surface area contributed by atoms with E-state index < -0.39 is 0 Å². The molecule has 0 fully saturated rings. The van der Waals surface area contributed by atoms with Gasteiger partial charge < -0.3 is 14.0 Å². The summed E-state index contributed by atoms with van der Waals surface area (Å²) in [4.78, 5) is 0. The maximum absolute atomic E-state index is 6.98. The second-order valence-electron chi connectivity index (χ2n) is 13.6. The summed E-state index contributed by atoms with van der Waals surface area (Å²) >= 11 is 0. The molecule has 0 aliphatic carbocycles. The van der Waals surface area contributed by atoms with Crippen molar-refractivity contribution in [2.75, 3.05) is 0 Å². The van der Waals surface area contributed by atoms with Gasteiger partial charge in [0.15, 0.2) is 0 Å². The van der Waals surface area contributed by atoms with Gasteiger partial charge in [-0.3, -0.25) is 0 Å². The third kappa shape index (κ3) is 4.48. The van der Waals surface area contributed by atoms with Crippen molar-refractivity contribution in [1.82, 2.24) is 4.57 Å². The van der Waals surface area contributed by atoms with Crippen LogP contribution in [0.5, 0.6) is 17.2 Å². The molecule has 0 saturated heterocycles. The molecule has 11 rings (SSSR count). The number of para-hydroxylation sites is 2. The highest BCUT2D eigenvalue weighted by Gasteiger charge is 2.40. The highest BCUT2D eigenvalue weighted by Crippen LogP contribution is 2.42. The van der Waals surface area contributed by atoms with Gasteiger partial charge in [-0.1, -0.05) is 133 Å². The van der Waals surface area contributed by atoms with E-state index in [2.05, 4.69) is 187 Å². The van der Waals surface area contributed by atoms with Crippen molar-refractivity contribution in [3.05, 3.63) is 182 Å². The van der Waals surface area contributed by atoms with Gasteiger partial charge in [0, 0.05) is 32.9 Å². The van der Waals surface area contributed by atoms with E-state index in [-0.39, 0.29) is 6.92 Å². The van der Waals surface area contributed by atoms with Crippen LogP contribution in [0.15, 0.2) is 182 Å². The van der Waals surface area contributed by atoms with Crippen LogP contribution in [0.3, 0.4) is 0 Å². The molecule has 0 unspecified atom stereocenters. The van der Waals surface area contributed by atoms with Gasteiger partial charge in [0.25, 0.3) is 0 Å². The van der Waals surface area contributed by atoms with Crippen molar-refractivity contribution in [2.24, 2.45) is 0 Å². The Balaban J connectivity index is 0.977. The van der Waals surface area contributed by atoms with E-state index in [0.29, 0.717) is 0 Å². The molecular weight excluding hydrogens is 633 g/mol. The van der Waals surface area contributed by atoms with Crippen LogP contribution in [0, 0.1) is 0 Å². The van der Waals surface area contributed by atoms with Crippen LogP contribution in [0.4, 0.5) is 0 Å². The van der Waals surface area contributed by atoms with Crippen LogP contribution in [0.1, 0.15) is 0 Å². The van der Waals surface area contributed by atoms with Crippen LogP contribution in [0.2, 0.25) is 0 Å². The van der Waals surface area contributed by atoms with E-state index in [1.165, 1.54) is 32.9 Å². The molecule has 0 atom stereocenters. The summed E-state index contributed by atoms with van der Waals surface area (Å²) in [6.45, 7) is -0.272. The second kappa shape index (κ2) is 11.4. The van der Waals surface area contributed by atoms with Gasteiger partial charge >= 0.3 is 6.92 Å². The zero-order valence-electron chi connectivity index (χ0n) is 28.2. The van der Waals surface area contributed by atoms with Crippen molar-refractivity contribution in [3.63, 3.8) is 0 Å². The Hall–Kier alpha value is -6.78. The molecule has 0 spiro atoms. The molecule has 0 amide bonds. The number of ether oxygens (including phenoxy) is 1. The molecule has 3 nitrogen and oxygen atoms in total. The number of hydrogen-bond acceptors (Lipinski definition) is 2. The van der Waals surface area contributed by atoms with E-state index in [9.17, 15) is 0 Å². The fraction of sp³-hybridized carbons (Fsp3) is 0. The Kier molecular flexibility index (Phi) is 6.35. The van der Waals surface area contributed by atoms with E-state index in [1.54, 1.807) is 0 Å². The molecule has 2 aliphatic heterocycles. The maximum atomic E-state index is 6.98. The summed E-state index contributed by atoms with van der Waals surface area (Å²) < 4.78 is 16.0. The molecule has 0 radical (unpaired) electrons. The summed E-state index contributed by atoms with van der Waals surface area (Å²) in [6, 6.07) is 64.8. The normalized spacial score (nSPS) is 12.5. The van der Waals surface area contributed by atoms with Crippen LogP contribution in [-0.2, 0) is 0 Å². The molecule has 2 aliphatic rings. The third-order valence-corrected chi connectivity index (χ3v) is 10.7. The first kappa shape index (κ1) is 29.0. The van der Waals surface area contributed by atoms with Crippen LogP contribution >= 0.6 is 0 Å². The van der Waals surface area contributed by atoms with Crippen molar-refractivity contribution < 1.29 is 9.39 Å². The lowest BCUT2D eigenvalue weighted by molar-refractivity contribution is 0.479. The first-order valence-electron chi connectivity index (χ1n) is 17.8. The summed E-state index contributed by atoms with van der Waals surface area (Å²) in [5, 5.41) is 2.52. The van der Waals surface area contributed by atoms with Crippen molar-refractivity contribution >= 4 is 39.6 Å². The largest absolute Gasteiger partial charge is 0.551 e. The Morgan fingerprint density at radius 3 is 1.77 bits per heavy atom. The average Bonchev–Trinajstić information content (AvgIpc) is 3.55. The number of rotatable bonds is 4. The molecule has 1 aromatic heterocycles. The topological polar surface area (TPSA) is 23.4 Å². The minimum atomic E-state index is -0.272. The predicted octanol–water partition coefficient (Wildman–Crippen LogP) is 11.1. The summed E-state index contributed by atoms with van der Waals surface area (Å²) in [5.41, 5.74) is 14.8. The van der Waals surface area contributed by atoms with Gasteiger partial charge in [-0.05, 0) is 87.5 Å². The molecule has 242 valence electrons. The molecule has 0 saturated carbocycles. The van der Waals surface area contributed by atoms with Gasteiger partial charge in [0.05, 0.1) is 11.0 Å². The summed E-state index contributed by atoms with van der Waals surface area (Å²) in [6.07, 6.45) is 0. The van der Waals surface area contributed by atoms with E-state index in [4.69, 9.17) is 9.39 Å².